The predicted octanol–water partition coefficient (Wildman–Crippen LogP) is 3.34. The minimum atomic E-state index is -0.499. The number of hydrogen-bond acceptors (Lipinski definition) is 8. The van der Waals surface area contributed by atoms with Crippen molar-refractivity contribution in [2.24, 2.45) is 12.8 Å². The average Bonchev–Trinajstić information content (AvgIpc) is 3.54. The lowest BCUT2D eigenvalue weighted by atomic mass is 9.84. The zero-order valence-corrected chi connectivity index (χ0v) is 19.1. The maximum atomic E-state index is 10.0. The molecule has 0 aliphatic carbocycles. The molecule has 10 nitrogen and oxygen atoms in total. The Hall–Kier alpha value is -5.30. The molecule has 0 radical (unpaired) electrons. The molecule has 0 fully saturated rings. The van der Waals surface area contributed by atoms with Gasteiger partial charge in [0.15, 0.2) is 5.82 Å². The van der Waals surface area contributed by atoms with Gasteiger partial charge in [-0.15, -0.1) is 0 Å². The number of allylic oxidation sites excluding steroid dienone is 1. The largest absolute Gasteiger partial charge is 0.422 e. The van der Waals surface area contributed by atoms with E-state index >= 15 is 0 Å². The van der Waals surface area contributed by atoms with Crippen LogP contribution in [0.2, 0.25) is 0 Å². The molecule has 0 spiro atoms. The number of imidazole rings is 1. The molecule has 174 valence electrons. The third-order valence-electron chi connectivity index (χ3n) is 6.04. The molecular weight excluding hydrogens is 454 g/mol. The number of fused-ring (bicyclic) bond motifs is 1. The Kier molecular flexibility index (Phi) is 5.01. The van der Waals surface area contributed by atoms with Gasteiger partial charge >= 0.3 is 0 Å². The molecule has 0 amide bonds. The van der Waals surface area contributed by atoms with E-state index in [2.05, 4.69) is 31.1 Å². The Bertz CT molecular complexity index is 1630. The van der Waals surface area contributed by atoms with Gasteiger partial charge in [-0.3, -0.25) is 9.55 Å². The summed E-state index contributed by atoms with van der Waals surface area (Å²) in [6.45, 7) is 0. The minimum absolute atomic E-state index is 0.0519. The van der Waals surface area contributed by atoms with Crippen LogP contribution in [0.15, 0.2) is 91.1 Å². The van der Waals surface area contributed by atoms with Crippen LogP contribution in [0.1, 0.15) is 17.0 Å². The number of benzene rings is 1. The number of pyridine rings is 1. The summed E-state index contributed by atoms with van der Waals surface area (Å²) in [5.74, 6) is 1.23. The molecule has 10 heteroatoms. The molecule has 1 aliphatic rings. The van der Waals surface area contributed by atoms with Gasteiger partial charge in [0, 0.05) is 55.5 Å². The maximum Gasteiger partial charge on any atom is 0.224 e. The van der Waals surface area contributed by atoms with Crippen molar-refractivity contribution in [2.75, 3.05) is 0 Å². The molecule has 5 aromatic rings. The van der Waals surface area contributed by atoms with Gasteiger partial charge in [-0.1, -0.05) is 12.1 Å². The fraction of sp³-hybridized carbons (Fsp3) is 0.0769. The van der Waals surface area contributed by atoms with E-state index in [1.807, 2.05) is 47.2 Å². The third kappa shape index (κ3) is 3.38. The van der Waals surface area contributed by atoms with E-state index in [1.54, 1.807) is 48.8 Å². The molecule has 0 saturated carbocycles. The Morgan fingerprint density at radius 3 is 2.53 bits per heavy atom. The molecule has 1 aromatic carbocycles. The van der Waals surface area contributed by atoms with Crippen LogP contribution in [0.5, 0.6) is 5.88 Å². The van der Waals surface area contributed by atoms with Gasteiger partial charge in [-0.25, -0.2) is 19.6 Å². The van der Waals surface area contributed by atoms with Crippen LogP contribution < -0.4 is 10.5 Å². The third-order valence-corrected chi connectivity index (χ3v) is 6.04. The van der Waals surface area contributed by atoms with E-state index in [4.69, 9.17) is 10.5 Å². The first kappa shape index (κ1) is 21.2. The molecule has 1 atom stereocenters. The molecule has 0 bridgehead atoms. The molecule has 5 heterocycles. The second-order valence-corrected chi connectivity index (χ2v) is 8.14. The van der Waals surface area contributed by atoms with Gasteiger partial charge in [0.05, 0.1) is 11.5 Å². The summed E-state index contributed by atoms with van der Waals surface area (Å²) >= 11 is 0. The van der Waals surface area contributed by atoms with Crippen molar-refractivity contribution in [3.05, 3.63) is 102 Å². The van der Waals surface area contributed by atoms with E-state index in [0.29, 0.717) is 28.5 Å². The maximum absolute atomic E-state index is 10.0. The number of aromatic nitrogens is 7. The summed E-state index contributed by atoms with van der Waals surface area (Å²) in [6, 6.07) is 15.7. The summed E-state index contributed by atoms with van der Waals surface area (Å²) in [5.41, 5.74) is 10.4. The first-order valence-electron chi connectivity index (χ1n) is 11.1. The van der Waals surface area contributed by atoms with Crippen LogP contribution in [0.4, 0.5) is 0 Å². The molecule has 1 unspecified atom stereocenters. The lowest BCUT2D eigenvalue weighted by Crippen LogP contribution is -2.22. The zero-order chi connectivity index (χ0) is 24.6. The van der Waals surface area contributed by atoms with Crippen LogP contribution in [0.3, 0.4) is 0 Å². The van der Waals surface area contributed by atoms with Gasteiger partial charge in [0.2, 0.25) is 11.8 Å². The van der Waals surface area contributed by atoms with Crippen molar-refractivity contribution in [1.29, 1.82) is 5.26 Å². The first-order valence-corrected chi connectivity index (χ1v) is 11.1. The van der Waals surface area contributed by atoms with Crippen LogP contribution in [0.25, 0.3) is 28.6 Å². The Morgan fingerprint density at radius 2 is 1.81 bits per heavy atom. The molecule has 36 heavy (non-hydrogen) atoms. The molecule has 4 aromatic heterocycles. The quantitative estimate of drug-likeness (QED) is 0.420. The number of rotatable bonds is 4. The molecule has 6 rings (SSSR count). The van der Waals surface area contributed by atoms with E-state index in [0.717, 1.165) is 22.6 Å². The molecule has 0 saturated heterocycles. The highest BCUT2D eigenvalue weighted by Gasteiger charge is 2.37. The number of nitrogens with two attached hydrogens (primary N) is 1. The molecule has 1 aliphatic heterocycles. The summed E-state index contributed by atoms with van der Waals surface area (Å²) < 4.78 is 9.41. The lowest BCUT2D eigenvalue weighted by Gasteiger charge is -2.24. The van der Waals surface area contributed by atoms with Crippen molar-refractivity contribution in [3.63, 3.8) is 0 Å². The lowest BCUT2D eigenvalue weighted by molar-refractivity contribution is 0.358. The highest BCUT2D eigenvalue weighted by molar-refractivity contribution is 5.67. The monoisotopic (exact) mass is 473 g/mol. The van der Waals surface area contributed by atoms with Crippen LogP contribution >= 0.6 is 0 Å². The fourth-order valence-electron chi connectivity index (χ4n) is 4.44. The standard InChI is InChI=1S/C26H19N9O/c1-34-26-21(22(33-34)24-30-10-3-11-31-24)20(19(14-27)23(28)36-26)16-5-7-18(8-6-16)35-13-12-32-25(35)17-4-2-9-29-15-17/h2-13,15,20H,28H2,1H3. The topological polar surface area (TPSA) is 133 Å². The summed E-state index contributed by atoms with van der Waals surface area (Å²) in [7, 11) is 1.76. The first-order chi connectivity index (χ1) is 17.7. The number of hydrogen-bond donors (Lipinski definition) is 1. The van der Waals surface area contributed by atoms with Crippen molar-refractivity contribution in [3.8, 4) is 40.5 Å². The second kappa shape index (κ2) is 8.48. The van der Waals surface area contributed by atoms with E-state index < -0.39 is 5.92 Å². The second-order valence-electron chi connectivity index (χ2n) is 8.14. The van der Waals surface area contributed by atoms with E-state index in [9.17, 15) is 5.26 Å². The van der Waals surface area contributed by atoms with Gasteiger partial charge in [0.25, 0.3) is 0 Å². The van der Waals surface area contributed by atoms with Crippen molar-refractivity contribution >= 4 is 0 Å². The van der Waals surface area contributed by atoms with Crippen molar-refractivity contribution in [2.45, 2.75) is 5.92 Å². The van der Waals surface area contributed by atoms with Crippen LogP contribution in [-0.4, -0.2) is 34.3 Å². The van der Waals surface area contributed by atoms with E-state index in [-0.39, 0.29) is 5.88 Å². The summed E-state index contributed by atoms with van der Waals surface area (Å²) in [6.07, 6.45) is 10.5. The summed E-state index contributed by atoms with van der Waals surface area (Å²) in [4.78, 5) is 17.4. The van der Waals surface area contributed by atoms with Crippen molar-refractivity contribution in [1.82, 2.24) is 34.3 Å². The van der Waals surface area contributed by atoms with Gasteiger partial charge in [-0.05, 0) is 35.9 Å². The normalized spacial score (nSPS) is 14.7. The molecule has 2 N–H and O–H groups in total. The van der Waals surface area contributed by atoms with E-state index in [1.165, 1.54) is 0 Å². The van der Waals surface area contributed by atoms with Crippen LogP contribution in [-0.2, 0) is 7.05 Å². The summed E-state index contributed by atoms with van der Waals surface area (Å²) in [5, 5.41) is 14.6. The highest BCUT2D eigenvalue weighted by Crippen LogP contribution is 2.46. The minimum Gasteiger partial charge on any atom is -0.422 e. The van der Waals surface area contributed by atoms with Crippen molar-refractivity contribution < 1.29 is 4.74 Å². The number of nitrogens with zero attached hydrogens (tertiary/aromatic N) is 8. The number of aryl methyl sites for hydroxylation is 1. The zero-order valence-electron chi connectivity index (χ0n) is 19.1. The predicted molar refractivity (Wildman–Crippen MR) is 130 cm³/mol. The Morgan fingerprint density at radius 1 is 1.00 bits per heavy atom. The van der Waals surface area contributed by atoms with Crippen LogP contribution in [0, 0.1) is 11.3 Å². The Labute approximate surface area is 206 Å². The SMILES string of the molecule is Cn1nc(-c2ncccn2)c2c1OC(N)=C(C#N)C2c1ccc(-n2ccnc2-c2cccnc2)cc1. The number of ether oxygens (including phenoxy) is 1. The van der Waals surface area contributed by atoms with Gasteiger partial charge in [-0.2, -0.15) is 10.4 Å². The van der Waals surface area contributed by atoms with Gasteiger partial charge in [0.1, 0.15) is 23.2 Å². The smallest absolute Gasteiger partial charge is 0.224 e. The average molecular weight is 474 g/mol. The molecular formula is C26H19N9O. The fourth-order valence-corrected chi connectivity index (χ4v) is 4.44. The van der Waals surface area contributed by atoms with Gasteiger partial charge < -0.3 is 10.5 Å². The number of nitriles is 1. The Balaban J connectivity index is 1.46. The highest BCUT2D eigenvalue weighted by atomic mass is 16.5.